The highest BCUT2D eigenvalue weighted by Crippen LogP contribution is 2.14. The van der Waals surface area contributed by atoms with Gasteiger partial charge in [-0.05, 0) is 19.1 Å². The molecule has 0 atom stereocenters. The van der Waals surface area contributed by atoms with Crippen LogP contribution in [0.1, 0.15) is 21.7 Å². The Morgan fingerprint density at radius 2 is 2.06 bits per heavy atom. The minimum absolute atomic E-state index is 0.216. The number of carbonyl (C=O) groups excluding carboxylic acids is 1. The molecule has 0 bridgehead atoms. The van der Waals surface area contributed by atoms with Gasteiger partial charge in [0.2, 0.25) is 0 Å². The van der Waals surface area contributed by atoms with E-state index in [1.54, 1.807) is 31.2 Å². The molecule has 1 amide bonds. The summed E-state index contributed by atoms with van der Waals surface area (Å²) < 4.78 is 0. The number of rotatable bonds is 2. The first-order valence-corrected chi connectivity index (χ1v) is 5.30. The molecule has 5 heteroatoms. The quantitative estimate of drug-likeness (QED) is 0.866. The van der Waals surface area contributed by atoms with Crippen LogP contribution in [0.3, 0.4) is 0 Å². The molecule has 0 saturated carbocycles. The first-order valence-electron chi connectivity index (χ1n) is 5.30. The van der Waals surface area contributed by atoms with Crippen LogP contribution in [-0.2, 0) is 0 Å². The van der Waals surface area contributed by atoms with Gasteiger partial charge >= 0.3 is 0 Å². The number of nitrogens with zero attached hydrogens (tertiary/aromatic N) is 3. The van der Waals surface area contributed by atoms with Gasteiger partial charge in [-0.1, -0.05) is 12.1 Å². The van der Waals surface area contributed by atoms with Crippen molar-refractivity contribution in [2.45, 2.75) is 6.92 Å². The Morgan fingerprint density at radius 1 is 1.28 bits per heavy atom. The molecular formula is C13H10N4O. The van der Waals surface area contributed by atoms with Gasteiger partial charge in [0, 0.05) is 6.20 Å². The summed E-state index contributed by atoms with van der Waals surface area (Å²) in [6, 6.07) is 8.79. The molecule has 0 aliphatic carbocycles. The van der Waals surface area contributed by atoms with Crippen molar-refractivity contribution in [3.8, 4) is 6.07 Å². The molecule has 0 unspecified atom stereocenters. The van der Waals surface area contributed by atoms with Gasteiger partial charge in [0.05, 0.1) is 23.1 Å². The Labute approximate surface area is 104 Å². The number of amides is 1. The molecule has 0 fully saturated rings. The van der Waals surface area contributed by atoms with Crippen molar-refractivity contribution in [1.29, 1.82) is 5.26 Å². The second kappa shape index (κ2) is 5.06. The Balaban J connectivity index is 2.22. The van der Waals surface area contributed by atoms with E-state index in [9.17, 15) is 4.79 Å². The summed E-state index contributed by atoms with van der Waals surface area (Å²) in [6.45, 7) is 1.79. The molecule has 1 aromatic carbocycles. The molecule has 0 saturated heterocycles. The van der Waals surface area contributed by atoms with Gasteiger partial charge in [0.25, 0.3) is 5.91 Å². The van der Waals surface area contributed by atoms with Crippen LogP contribution >= 0.6 is 0 Å². The van der Waals surface area contributed by atoms with Crippen LogP contribution in [0.4, 0.5) is 5.69 Å². The van der Waals surface area contributed by atoms with Crippen LogP contribution in [0.25, 0.3) is 0 Å². The average Bonchev–Trinajstić information content (AvgIpc) is 2.40. The average molecular weight is 238 g/mol. The van der Waals surface area contributed by atoms with Crippen LogP contribution in [0.2, 0.25) is 0 Å². The number of anilines is 1. The van der Waals surface area contributed by atoms with Crippen LogP contribution in [0.15, 0.2) is 36.7 Å². The molecule has 0 spiro atoms. The van der Waals surface area contributed by atoms with Gasteiger partial charge in [0.15, 0.2) is 0 Å². The maximum absolute atomic E-state index is 11.9. The second-order valence-corrected chi connectivity index (χ2v) is 3.65. The zero-order chi connectivity index (χ0) is 13.0. The number of nitrogens with one attached hydrogen (secondary N) is 1. The van der Waals surface area contributed by atoms with Crippen LogP contribution in [-0.4, -0.2) is 15.9 Å². The minimum atomic E-state index is -0.384. The molecule has 2 rings (SSSR count). The number of para-hydroxylation sites is 1. The lowest BCUT2D eigenvalue weighted by atomic mass is 10.2. The van der Waals surface area contributed by atoms with Gasteiger partial charge in [0.1, 0.15) is 11.8 Å². The number of hydrogen-bond donors (Lipinski definition) is 1. The summed E-state index contributed by atoms with van der Waals surface area (Å²) in [4.78, 5) is 19.8. The van der Waals surface area contributed by atoms with Crippen molar-refractivity contribution in [3.05, 3.63) is 53.6 Å². The van der Waals surface area contributed by atoms with E-state index in [-0.39, 0.29) is 11.6 Å². The zero-order valence-electron chi connectivity index (χ0n) is 9.71. The number of aryl methyl sites for hydroxylation is 1. The van der Waals surface area contributed by atoms with E-state index in [0.29, 0.717) is 11.3 Å². The van der Waals surface area contributed by atoms with Crippen LogP contribution in [0.5, 0.6) is 0 Å². The van der Waals surface area contributed by atoms with Crippen molar-refractivity contribution in [2.24, 2.45) is 0 Å². The molecule has 5 nitrogen and oxygen atoms in total. The lowest BCUT2D eigenvalue weighted by molar-refractivity contribution is 0.102. The van der Waals surface area contributed by atoms with E-state index in [0.717, 1.165) is 5.69 Å². The fraction of sp³-hybridized carbons (Fsp3) is 0.0769. The fourth-order valence-electron chi connectivity index (χ4n) is 1.39. The third kappa shape index (κ3) is 2.50. The summed E-state index contributed by atoms with van der Waals surface area (Å²) in [7, 11) is 0. The zero-order valence-corrected chi connectivity index (χ0v) is 9.71. The number of hydrogen-bond acceptors (Lipinski definition) is 4. The first-order chi connectivity index (χ1) is 8.70. The highest BCUT2D eigenvalue weighted by molar-refractivity contribution is 6.03. The van der Waals surface area contributed by atoms with Gasteiger partial charge in [-0.25, -0.2) is 4.98 Å². The Kier molecular flexibility index (Phi) is 3.30. The molecule has 18 heavy (non-hydrogen) atoms. The van der Waals surface area contributed by atoms with Crippen LogP contribution in [0, 0.1) is 18.3 Å². The van der Waals surface area contributed by atoms with E-state index in [2.05, 4.69) is 15.3 Å². The molecule has 1 aromatic heterocycles. The molecule has 0 aliphatic rings. The van der Waals surface area contributed by atoms with Gasteiger partial charge in [-0.3, -0.25) is 9.78 Å². The topological polar surface area (TPSA) is 78.7 Å². The van der Waals surface area contributed by atoms with Gasteiger partial charge in [-0.15, -0.1) is 0 Å². The number of carbonyl (C=O) groups is 1. The van der Waals surface area contributed by atoms with Crippen molar-refractivity contribution in [1.82, 2.24) is 9.97 Å². The number of benzene rings is 1. The Hall–Kier alpha value is -2.74. The van der Waals surface area contributed by atoms with E-state index in [1.807, 2.05) is 6.07 Å². The van der Waals surface area contributed by atoms with Crippen molar-refractivity contribution < 1.29 is 4.79 Å². The maximum Gasteiger partial charge on any atom is 0.275 e. The predicted molar refractivity (Wildman–Crippen MR) is 65.9 cm³/mol. The molecule has 0 radical (unpaired) electrons. The summed E-state index contributed by atoms with van der Waals surface area (Å²) in [6.07, 6.45) is 2.92. The maximum atomic E-state index is 11.9. The Bertz CT molecular complexity index is 614. The molecular weight excluding hydrogens is 228 g/mol. The van der Waals surface area contributed by atoms with E-state index < -0.39 is 0 Å². The van der Waals surface area contributed by atoms with E-state index in [1.165, 1.54) is 12.4 Å². The number of nitriles is 1. The van der Waals surface area contributed by atoms with Crippen molar-refractivity contribution in [2.75, 3.05) is 5.32 Å². The predicted octanol–water partition coefficient (Wildman–Crippen LogP) is 1.91. The minimum Gasteiger partial charge on any atom is -0.319 e. The molecule has 1 heterocycles. The standard InChI is InChI=1S/C13H10N4O/c1-9-7-16-12(8-15-9)13(18)17-11-5-3-2-4-10(11)6-14/h2-5,7-8H,1H3,(H,17,18). The highest BCUT2D eigenvalue weighted by Gasteiger charge is 2.10. The summed E-state index contributed by atoms with van der Waals surface area (Å²) in [5.41, 5.74) is 1.83. The summed E-state index contributed by atoms with van der Waals surface area (Å²) in [5.74, 6) is -0.384. The fourth-order valence-corrected chi connectivity index (χ4v) is 1.39. The molecule has 1 N–H and O–H groups in total. The smallest absolute Gasteiger partial charge is 0.275 e. The highest BCUT2D eigenvalue weighted by atomic mass is 16.1. The molecule has 88 valence electrons. The van der Waals surface area contributed by atoms with Crippen LogP contribution < -0.4 is 5.32 Å². The monoisotopic (exact) mass is 238 g/mol. The lowest BCUT2D eigenvalue weighted by Gasteiger charge is -2.05. The van der Waals surface area contributed by atoms with E-state index >= 15 is 0 Å². The Morgan fingerprint density at radius 3 is 2.72 bits per heavy atom. The SMILES string of the molecule is Cc1cnc(C(=O)Nc2ccccc2C#N)cn1. The summed E-state index contributed by atoms with van der Waals surface area (Å²) >= 11 is 0. The second-order valence-electron chi connectivity index (χ2n) is 3.65. The largest absolute Gasteiger partial charge is 0.319 e. The van der Waals surface area contributed by atoms with Crippen molar-refractivity contribution in [3.63, 3.8) is 0 Å². The molecule has 2 aromatic rings. The van der Waals surface area contributed by atoms with Gasteiger partial charge < -0.3 is 5.32 Å². The third-order valence-corrected chi connectivity index (χ3v) is 2.31. The van der Waals surface area contributed by atoms with E-state index in [4.69, 9.17) is 5.26 Å². The molecule has 0 aliphatic heterocycles. The number of aromatic nitrogens is 2. The lowest BCUT2D eigenvalue weighted by Crippen LogP contribution is -2.14. The van der Waals surface area contributed by atoms with Gasteiger partial charge in [-0.2, -0.15) is 5.26 Å². The van der Waals surface area contributed by atoms with Crippen molar-refractivity contribution >= 4 is 11.6 Å². The first kappa shape index (κ1) is 11.7. The third-order valence-electron chi connectivity index (χ3n) is 2.31. The normalized spacial score (nSPS) is 9.56. The summed E-state index contributed by atoms with van der Waals surface area (Å²) in [5, 5.41) is 11.5.